The smallest absolute Gasteiger partial charge is 0.214 e. The third-order valence-electron chi connectivity index (χ3n) is 5.16. The number of benzene rings is 1. The minimum atomic E-state index is -3.25. The Morgan fingerprint density at radius 2 is 1.64 bits per heavy atom. The number of rotatable bonds is 7. The van der Waals surface area contributed by atoms with Crippen LogP contribution >= 0.6 is 0 Å². The third-order valence-corrected chi connectivity index (χ3v) is 6.97. The van der Waals surface area contributed by atoms with Crippen LogP contribution in [0.25, 0.3) is 0 Å². The van der Waals surface area contributed by atoms with Crippen molar-refractivity contribution in [3.63, 3.8) is 0 Å². The molecule has 7 heteroatoms. The SMILES string of the molecule is CC(C)S(=O)(=O)NC[C@@H](c1ccc(N(C)C)cc1)[NH+]1CC[NH+](C)CC1. The van der Waals surface area contributed by atoms with Gasteiger partial charge in [-0.1, -0.05) is 12.1 Å². The molecule has 1 aromatic carbocycles. The van der Waals surface area contributed by atoms with Crippen LogP contribution in [0.5, 0.6) is 0 Å². The highest BCUT2D eigenvalue weighted by Gasteiger charge is 2.30. The van der Waals surface area contributed by atoms with E-state index in [2.05, 4.69) is 40.9 Å². The van der Waals surface area contributed by atoms with Gasteiger partial charge in [-0.2, -0.15) is 0 Å². The lowest BCUT2D eigenvalue weighted by Gasteiger charge is -2.34. The molecule has 0 aliphatic carbocycles. The van der Waals surface area contributed by atoms with Gasteiger partial charge >= 0.3 is 0 Å². The lowest BCUT2D eigenvalue weighted by molar-refractivity contribution is -1.02. The predicted molar refractivity (Wildman–Crippen MR) is 103 cm³/mol. The van der Waals surface area contributed by atoms with Crippen molar-refractivity contribution >= 4 is 15.7 Å². The molecule has 1 saturated heterocycles. The number of nitrogens with one attached hydrogen (secondary N) is 3. The lowest BCUT2D eigenvalue weighted by atomic mass is 10.0. The number of piperazine rings is 1. The van der Waals surface area contributed by atoms with Crippen LogP contribution in [0.15, 0.2) is 24.3 Å². The van der Waals surface area contributed by atoms with E-state index in [1.807, 2.05) is 14.1 Å². The molecule has 0 saturated carbocycles. The predicted octanol–water partition coefficient (Wildman–Crippen LogP) is -1.47. The number of likely N-dealkylation sites (N-methyl/N-ethyl adjacent to an activating group) is 1. The number of sulfonamides is 1. The molecule has 0 bridgehead atoms. The van der Waals surface area contributed by atoms with Crippen molar-refractivity contribution in [3.05, 3.63) is 29.8 Å². The first-order chi connectivity index (χ1) is 11.7. The molecule has 1 aromatic rings. The van der Waals surface area contributed by atoms with Crippen LogP contribution in [0.4, 0.5) is 5.69 Å². The fourth-order valence-electron chi connectivity index (χ4n) is 3.22. The van der Waals surface area contributed by atoms with Crippen LogP contribution in [0.3, 0.4) is 0 Å². The maximum atomic E-state index is 12.2. The molecule has 3 N–H and O–H groups in total. The quantitative estimate of drug-likeness (QED) is 0.550. The number of hydrogen-bond acceptors (Lipinski definition) is 3. The number of anilines is 1. The van der Waals surface area contributed by atoms with Crippen LogP contribution in [0.2, 0.25) is 0 Å². The second kappa shape index (κ2) is 8.49. The van der Waals surface area contributed by atoms with E-state index in [9.17, 15) is 8.42 Å². The molecule has 0 amide bonds. The van der Waals surface area contributed by atoms with Gasteiger partial charge in [0.05, 0.1) is 18.8 Å². The van der Waals surface area contributed by atoms with E-state index in [1.54, 1.807) is 18.7 Å². The van der Waals surface area contributed by atoms with E-state index in [4.69, 9.17) is 0 Å². The van der Waals surface area contributed by atoms with E-state index in [1.165, 1.54) is 10.5 Å². The van der Waals surface area contributed by atoms with Gasteiger partial charge in [0.15, 0.2) is 0 Å². The van der Waals surface area contributed by atoms with Crippen molar-refractivity contribution in [3.8, 4) is 0 Å². The summed E-state index contributed by atoms with van der Waals surface area (Å²) in [5.74, 6) is 0. The van der Waals surface area contributed by atoms with Gasteiger partial charge < -0.3 is 14.7 Å². The molecule has 0 unspecified atom stereocenters. The molecule has 0 radical (unpaired) electrons. The molecule has 0 aromatic heterocycles. The van der Waals surface area contributed by atoms with E-state index >= 15 is 0 Å². The summed E-state index contributed by atoms with van der Waals surface area (Å²) in [7, 11) is 3.02. The zero-order valence-electron chi connectivity index (χ0n) is 16.2. The minimum Gasteiger partial charge on any atom is -0.378 e. The van der Waals surface area contributed by atoms with Crippen molar-refractivity contribution in [1.82, 2.24) is 4.72 Å². The highest BCUT2D eigenvalue weighted by atomic mass is 32.2. The summed E-state index contributed by atoms with van der Waals surface area (Å²) in [4.78, 5) is 5.09. The maximum absolute atomic E-state index is 12.2. The van der Waals surface area contributed by atoms with Crippen LogP contribution in [-0.2, 0) is 10.0 Å². The summed E-state index contributed by atoms with van der Waals surface area (Å²) in [6.45, 7) is 8.27. The molecule has 25 heavy (non-hydrogen) atoms. The van der Waals surface area contributed by atoms with Crippen LogP contribution in [0.1, 0.15) is 25.5 Å². The van der Waals surface area contributed by atoms with Crippen molar-refractivity contribution in [1.29, 1.82) is 0 Å². The van der Waals surface area contributed by atoms with Gasteiger partial charge in [0.2, 0.25) is 10.0 Å². The molecule has 1 aliphatic rings. The zero-order chi connectivity index (χ0) is 18.6. The van der Waals surface area contributed by atoms with Gasteiger partial charge in [0.25, 0.3) is 0 Å². The normalized spacial score (nSPS) is 22.8. The van der Waals surface area contributed by atoms with Crippen molar-refractivity contribution in [2.75, 3.05) is 58.8 Å². The first-order valence-electron chi connectivity index (χ1n) is 9.12. The highest BCUT2D eigenvalue weighted by Crippen LogP contribution is 2.16. The first-order valence-corrected chi connectivity index (χ1v) is 10.7. The second-order valence-electron chi connectivity index (χ2n) is 7.60. The largest absolute Gasteiger partial charge is 0.378 e. The number of quaternary nitrogens is 2. The average molecular weight is 371 g/mol. The van der Waals surface area contributed by atoms with E-state index < -0.39 is 15.3 Å². The average Bonchev–Trinajstić information content (AvgIpc) is 2.57. The van der Waals surface area contributed by atoms with Crippen molar-refractivity contribution in [2.45, 2.75) is 25.1 Å². The van der Waals surface area contributed by atoms with E-state index in [0.717, 1.165) is 31.9 Å². The second-order valence-corrected chi connectivity index (χ2v) is 9.92. The summed E-state index contributed by atoms with van der Waals surface area (Å²) >= 11 is 0. The van der Waals surface area contributed by atoms with Gasteiger partial charge in [0.1, 0.15) is 32.2 Å². The molecule has 2 rings (SSSR count). The summed E-state index contributed by atoms with van der Waals surface area (Å²) < 4.78 is 27.3. The number of hydrogen-bond donors (Lipinski definition) is 3. The minimum absolute atomic E-state index is 0.151. The standard InChI is InChI=1S/C18H32N4O2S/c1-15(2)25(23,24)19-14-18(22-12-10-21(5)11-13-22)16-6-8-17(9-7-16)20(3)4/h6-9,15,18-19H,10-14H2,1-5H3/p+2/t18-/m0/s1. The summed E-state index contributed by atoms with van der Waals surface area (Å²) in [6.07, 6.45) is 0. The fourth-order valence-corrected chi connectivity index (χ4v) is 3.95. The Morgan fingerprint density at radius 3 is 2.12 bits per heavy atom. The maximum Gasteiger partial charge on any atom is 0.214 e. The first kappa shape index (κ1) is 20.2. The van der Waals surface area contributed by atoms with Crippen LogP contribution in [-0.4, -0.2) is 67.5 Å². The molecule has 1 fully saturated rings. The van der Waals surface area contributed by atoms with E-state index in [0.29, 0.717) is 6.54 Å². The Kier molecular flexibility index (Phi) is 6.85. The van der Waals surface area contributed by atoms with Crippen LogP contribution in [0, 0.1) is 0 Å². The molecule has 0 spiro atoms. The summed E-state index contributed by atoms with van der Waals surface area (Å²) in [5.41, 5.74) is 2.36. The Balaban J connectivity index is 2.19. The number of nitrogens with zero attached hydrogens (tertiary/aromatic N) is 1. The van der Waals surface area contributed by atoms with Gasteiger partial charge in [-0.3, -0.25) is 0 Å². The molecule has 6 nitrogen and oxygen atoms in total. The zero-order valence-corrected chi connectivity index (χ0v) is 17.0. The fraction of sp³-hybridized carbons (Fsp3) is 0.667. The lowest BCUT2D eigenvalue weighted by Crippen LogP contribution is -3.27. The Morgan fingerprint density at radius 1 is 1.08 bits per heavy atom. The molecular formula is C18H34N4O2S+2. The van der Waals surface area contributed by atoms with Crippen molar-refractivity contribution in [2.24, 2.45) is 0 Å². The van der Waals surface area contributed by atoms with Gasteiger partial charge in [0, 0.05) is 25.3 Å². The molecular weight excluding hydrogens is 336 g/mol. The Labute approximate surface area is 152 Å². The van der Waals surface area contributed by atoms with Gasteiger partial charge in [-0.05, 0) is 26.0 Å². The monoisotopic (exact) mass is 370 g/mol. The Bertz CT molecular complexity index is 636. The van der Waals surface area contributed by atoms with Gasteiger partial charge in [-0.25, -0.2) is 13.1 Å². The van der Waals surface area contributed by atoms with Crippen LogP contribution < -0.4 is 19.4 Å². The molecule has 1 atom stereocenters. The summed E-state index contributed by atoms with van der Waals surface area (Å²) in [6, 6.07) is 8.65. The summed E-state index contributed by atoms with van der Waals surface area (Å²) in [5, 5.41) is -0.406. The van der Waals surface area contributed by atoms with Gasteiger partial charge in [-0.15, -0.1) is 0 Å². The molecule has 142 valence electrons. The molecule has 1 aliphatic heterocycles. The highest BCUT2D eigenvalue weighted by molar-refractivity contribution is 7.90. The Hall–Kier alpha value is -1.15. The molecule has 1 heterocycles. The topological polar surface area (TPSA) is 58.3 Å². The van der Waals surface area contributed by atoms with Crippen molar-refractivity contribution < 1.29 is 18.2 Å². The van der Waals surface area contributed by atoms with E-state index in [-0.39, 0.29) is 6.04 Å². The third kappa shape index (κ3) is 5.41.